The molecule has 0 radical (unpaired) electrons. The molecule has 7 heteroatoms. The van der Waals surface area contributed by atoms with Gasteiger partial charge in [-0.1, -0.05) is 45.4 Å². The van der Waals surface area contributed by atoms with Crippen LogP contribution in [0.2, 0.25) is 0 Å². The molecule has 1 aromatic rings. The second-order valence-electron chi connectivity index (χ2n) is 9.53. The normalized spacial score (nSPS) is 16.2. The van der Waals surface area contributed by atoms with Gasteiger partial charge >= 0.3 is 0 Å². The Labute approximate surface area is 196 Å². The molecule has 0 fully saturated rings. The summed E-state index contributed by atoms with van der Waals surface area (Å²) in [6.07, 6.45) is 8.63. The highest BCUT2D eigenvalue weighted by molar-refractivity contribution is 6.07. The zero-order chi connectivity index (χ0) is 24.4. The molecule has 1 aromatic carbocycles. The Morgan fingerprint density at radius 2 is 1.85 bits per heavy atom. The van der Waals surface area contributed by atoms with Crippen LogP contribution >= 0.6 is 0 Å². The Morgan fingerprint density at radius 3 is 2.48 bits per heavy atom. The number of imide groups is 1. The summed E-state index contributed by atoms with van der Waals surface area (Å²) in [5.74, 6) is -0.290. The van der Waals surface area contributed by atoms with E-state index in [1.54, 1.807) is 30.3 Å². The number of unbranched alkanes of at least 4 members (excludes halogenated alkanes) is 1. The van der Waals surface area contributed by atoms with Crippen LogP contribution in [0.1, 0.15) is 58.4 Å². The average Bonchev–Trinajstić information content (AvgIpc) is 3.11. The second-order valence-corrected chi connectivity index (χ2v) is 9.53. The van der Waals surface area contributed by atoms with Crippen LogP contribution in [-0.4, -0.2) is 47.4 Å². The smallest absolute Gasteiger partial charge is 0.257 e. The number of ether oxygens (including phenoxy) is 1. The molecule has 1 heterocycles. The molecule has 0 saturated heterocycles. The van der Waals surface area contributed by atoms with Crippen LogP contribution in [0.25, 0.3) is 0 Å². The third-order valence-electron chi connectivity index (χ3n) is 5.47. The van der Waals surface area contributed by atoms with Crippen molar-refractivity contribution < 1.29 is 24.2 Å². The van der Waals surface area contributed by atoms with Gasteiger partial charge in [-0.3, -0.25) is 19.3 Å². The number of amides is 3. The zero-order valence-electron chi connectivity index (χ0n) is 20.1. The van der Waals surface area contributed by atoms with E-state index in [4.69, 9.17) is 4.74 Å². The largest absolute Gasteiger partial charge is 0.508 e. The number of nitrogens with zero attached hydrogens (tertiary/aromatic N) is 1. The van der Waals surface area contributed by atoms with Crippen molar-refractivity contribution >= 4 is 17.7 Å². The van der Waals surface area contributed by atoms with Gasteiger partial charge in [-0.05, 0) is 42.4 Å². The van der Waals surface area contributed by atoms with E-state index in [1.807, 2.05) is 0 Å². The van der Waals surface area contributed by atoms with E-state index in [9.17, 15) is 19.5 Å². The Kier molecular flexibility index (Phi) is 9.70. The summed E-state index contributed by atoms with van der Waals surface area (Å²) in [6.45, 7) is 6.92. The molecule has 0 bridgehead atoms. The number of methoxy groups -OCH3 is 1. The van der Waals surface area contributed by atoms with Crippen molar-refractivity contribution in [2.24, 2.45) is 5.41 Å². The first-order valence-electron chi connectivity index (χ1n) is 11.4. The van der Waals surface area contributed by atoms with E-state index in [0.717, 1.165) is 24.8 Å². The minimum Gasteiger partial charge on any atom is -0.508 e. The fraction of sp³-hybridized carbons (Fsp3) is 0.500. The Balaban J connectivity index is 1.84. The number of carbonyl (C=O) groups is 3. The van der Waals surface area contributed by atoms with Crippen molar-refractivity contribution in [2.45, 2.75) is 65.3 Å². The fourth-order valence-electron chi connectivity index (χ4n) is 3.62. The third-order valence-corrected chi connectivity index (χ3v) is 5.47. The van der Waals surface area contributed by atoms with Crippen molar-refractivity contribution in [3.8, 4) is 5.75 Å². The van der Waals surface area contributed by atoms with Crippen LogP contribution in [-0.2, 0) is 25.5 Å². The molecule has 2 rings (SSSR count). The lowest BCUT2D eigenvalue weighted by Gasteiger charge is -2.22. The molecule has 1 aliphatic heterocycles. The summed E-state index contributed by atoms with van der Waals surface area (Å²) in [7, 11) is 1.46. The molecule has 33 heavy (non-hydrogen) atoms. The fourth-order valence-corrected chi connectivity index (χ4v) is 3.62. The molecule has 1 atom stereocenters. The number of phenols is 1. The van der Waals surface area contributed by atoms with Crippen molar-refractivity contribution in [2.75, 3.05) is 13.7 Å². The maximum Gasteiger partial charge on any atom is 0.257 e. The van der Waals surface area contributed by atoms with E-state index in [2.05, 4.69) is 26.1 Å². The maximum atomic E-state index is 12.8. The Bertz CT molecular complexity index is 881. The van der Waals surface area contributed by atoms with Gasteiger partial charge in [-0.25, -0.2) is 0 Å². The minimum absolute atomic E-state index is 0.0152. The number of phenolic OH excluding ortho intramolecular Hbond substituents is 1. The van der Waals surface area contributed by atoms with Gasteiger partial charge in [0.1, 0.15) is 11.5 Å². The number of aromatic hydroxyl groups is 1. The molecule has 2 N–H and O–H groups in total. The van der Waals surface area contributed by atoms with Gasteiger partial charge in [-0.2, -0.15) is 0 Å². The lowest BCUT2D eigenvalue weighted by Crippen LogP contribution is -2.39. The highest BCUT2D eigenvalue weighted by Crippen LogP contribution is 2.22. The van der Waals surface area contributed by atoms with Gasteiger partial charge in [0.2, 0.25) is 5.91 Å². The predicted molar refractivity (Wildman–Crippen MR) is 127 cm³/mol. The van der Waals surface area contributed by atoms with Crippen LogP contribution < -0.4 is 5.32 Å². The molecular formula is C26H36N2O5. The van der Waals surface area contributed by atoms with Gasteiger partial charge in [0.25, 0.3) is 11.8 Å². The summed E-state index contributed by atoms with van der Waals surface area (Å²) >= 11 is 0. The molecule has 180 valence electrons. The van der Waals surface area contributed by atoms with Crippen molar-refractivity contribution in [1.29, 1.82) is 0 Å². The first-order chi connectivity index (χ1) is 15.6. The highest BCUT2D eigenvalue weighted by atomic mass is 16.5. The molecular weight excluding hydrogens is 420 g/mol. The summed E-state index contributed by atoms with van der Waals surface area (Å²) < 4.78 is 5.30. The van der Waals surface area contributed by atoms with Crippen LogP contribution in [0.4, 0.5) is 0 Å². The van der Waals surface area contributed by atoms with E-state index < -0.39 is 11.9 Å². The highest BCUT2D eigenvalue weighted by Gasteiger charge is 2.30. The minimum atomic E-state index is -0.459. The van der Waals surface area contributed by atoms with Gasteiger partial charge in [0.15, 0.2) is 0 Å². The molecule has 1 unspecified atom stereocenters. The Morgan fingerprint density at radius 1 is 1.15 bits per heavy atom. The monoisotopic (exact) mass is 456 g/mol. The molecule has 0 saturated carbocycles. The van der Waals surface area contributed by atoms with Gasteiger partial charge in [0.05, 0.1) is 13.2 Å². The SMILES string of the molecule is CO/C(=C/C(=O)N1C(=O)C=CC1Cc1ccc(O)cc1)CCNC(=O)CCCCC(C)(C)C. The maximum absolute atomic E-state index is 12.8. The topological polar surface area (TPSA) is 95.9 Å². The van der Waals surface area contributed by atoms with Crippen LogP contribution in [0.3, 0.4) is 0 Å². The van der Waals surface area contributed by atoms with E-state index >= 15 is 0 Å². The number of nitrogens with one attached hydrogen (secondary N) is 1. The lowest BCUT2D eigenvalue weighted by molar-refractivity contribution is -0.139. The quantitative estimate of drug-likeness (QED) is 0.299. The first-order valence-corrected chi connectivity index (χ1v) is 11.4. The zero-order valence-corrected chi connectivity index (χ0v) is 20.1. The summed E-state index contributed by atoms with van der Waals surface area (Å²) in [6, 6.07) is 6.26. The molecule has 0 aliphatic carbocycles. The molecule has 0 spiro atoms. The van der Waals surface area contributed by atoms with Crippen LogP contribution in [0.5, 0.6) is 5.75 Å². The summed E-state index contributed by atoms with van der Waals surface area (Å²) in [4.78, 5) is 38.3. The van der Waals surface area contributed by atoms with Crippen molar-refractivity contribution in [3.63, 3.8) is 0 Å². The number of hydrogen-bond acceptors (Lipinski definition) is 5. The van der Waals surface area contributed by atoms with Crippen LogP contribution in [0, 0.1) is 5.41 Å². The van der Waals surface area contributed by atoms with Gasteiger partial charge in [0, 0.05) is 31.5 Å². The number of hydrogen-bond donors (Lipinski definition) is 2. The molecule has 3 amide bonds. The van der Waals surface area contributed by atoms with Crippen molar-refractivity contribution in [1.82, 2.24) is 10.2 Å². The Hall–Kier alpha value is -3.09. The average molecular weight is 457 g/mol. The summed E-state index contributed by atoms with van der Waals surface area (Å²) in [5.41, 5.74) is 1.17. The van der Waals surface area contributed by atoms with E-state index in [1.165, 1.54) is 24.2 Å². The molecule has 0 aromatic heterocycles. The first kappa shape index (κ1) is 26.2. The molecule has 1 aliphatic rings. The number of carbonyl (C=O) groups excluding carboxylic acids is 3. The summed E-state index contributed by atoms with van der Waals surface area (Å²) in [5, 5.41) is 12.3. The predicted octanol–water partition coefficient (Wildman–Crippen LogP) is 3.87. The van der Waals surface area contributed by atoms with E-state index in [-0.39, 0.29) is 23.0 Å². The van der Waals surface area contributed by atoms with Gasteiger partial charge in [-0.15, -0.1) is 0 Å². The second kappa shape index (κ2) is 12.2. The van der Waals surface area contributed by atoms with Crippen molar-refractivity contribution in [3.05, 3.63) is 53.8 Å². The standard InChI is InChI=1S/C26H36N2O5/c1-26(2,3)15-6-5-7-23(30)27-16-14-22(33-4)18-25(32)28-20(10-13-24(28)31)17-19-8-11-21(29)12-9-19/h8-13,18,20,29H,5-7,14-17H2,1-4H3,(H,27,30)/b22-18+. The molecule has 7 nitrogen and oxygen atoms in total. The van der Waals surface area contributed by atoms with Gasteiger partial charge < -0.3 is 15.2 Å². The van der Waals surface area contributed by atoms with E-state index in [0.29, 0.717) is 31.6 Å². The third kappa shape index (κ3) is 9.12. The number of benzene rings is 1. The number of rotatable bonds is 11. The van der Waals surface area contributed by atoms with Crippen LogP contribution in [0.15, 0.2) is 48.3 Å². The lowest BCUT2D eigenvalue weighted by atomic mass is 9.89.